The number of ether oxygens (including phenoxy) is 1. The molecule has 0 saturated carbocycles. The van der Waals surface area contributed by atoms with Gasteiger partial charge in [0, 0.05) is 24.4 Å². The van der Waals surface area contributed by atoms with E-state index in [1.165, 1.54) is 18.2 Å². The molecule has 1 amide bonds. The Balaban J connectivity index is 2.35. The van der Waals surface area contributed by atoms with Gasteiger partial charge in [0.05, 0.1) is 10.0 Å². The van der Waals surface area contributed by atoms with Crippen LogP contribution in [-0.2, 0) is 0 Å². The Labute approximate surface area is 130 Å². The van der Waals surface area contributed by atoms with E-state index in [1.807, 2.05) is 6.92 Å². The van der Waals surface area contributed by atoms with Crippen molar-refractivity contribution in [1.29, 1.82) is 0 Å². The van der Waals surface area contributed by atoms with Crippen LogP contribution in [0.5, 0.6) is 11.5 Å². The molecule has 0 fully saturated rings. The Morgan fingerprint density at radius 2 is 2.10 bits per heavy atom. The Hall–Kier alpha value is -2.08. The molecule has 110 valence electrons. The van der Waals surface area contributed by atoms with E-state index in [1.54, 1.807) is 18.2 Å². The molecule has 0 spiro atoms. The summed E-state index contributed by atoms with van der Waals surface area (Å²) in [5.41, 5.74) is 6.51. The molecule has 0 saturated heterocycles. The van der Waals surface area contributed by atoms with Gasteiger partial charge in [-0.2, -0.15) is 0 Å². The van der Waals surface area contributed by atoms with Gasteiger partial charge in [0.15, 0.2) is 0 Å². The van der Waals surface area contributed by atoms with Crippen LogP contribution in [0.15, 0.2) is 40.9 Å². The van der Waals surface area contributed by atoms with Crippen LogP contribution in [0.25, 0.3) is 0 Å². The molecule has 21 heavy (non-hydrogen) atoms. The lowest BCUT2D eigenvalue weighted by Crippen LogP contribution is -2.23. The number of halogens is 2. The molecule has 0 radical (unpaired) electrons. The molecule has 2 aromatic rings. The summed E-state index contributed by atoms with van der Waals surface area (Å²) < 4.78 is 19.4. The predicted octanol–water partition coefficient (Wildman–Crippen LogP) is 3.71. The number of hydrogen-bond acceptors (Lipinski definition) is 3. The molecule has 0 aliphatic carbocycles. The first-order valence-electron chi connectivity index (χ1n) is 6.32. The van der Waals surface area contributed by atoms with Crippen molar-refractivity contribution < 1.29 is 13.9 Å². The van der Waals surface area contributed by atoms with Crippen molar-refractivity contribution in [3.8, 4) is 11.5 Å². The molecule has 6 heteroatoms. The minimum Gasteiger partial charge on any atom is -0.456 e. The highest BCUT2D eigenvalue weighted by Gasteiger charge is 2.13. The summed E-state index contributed by atoms with van der Waals surface area (Å²) in [4.78, 5) is 12.0. The second-order valence-electron chi connectivity index (χ2n) is 4.29. The second-order valence-corrected chi connectivity index (χ2v) is 5.15. The van der Waals surface area contributed by atoms with Crippen LogP contribution in [0.4, 0.5) is 10.1 Å². The maximum absolute atomic E-state index is 13.5. The smallest absolute Gasteiger partial charge is 0.255 e. The Bertz CT molecular complexity index is 677. The van der Waals surface area contributed by atoms with E-state index < -0.39 is 5.82 Å². The molecular weight excluding hydrogens is 339 g/mol. The zero-order valence-electron chi connectivity index (χ0n) is 11.3. The lowest BCUT2D eigenvalue weighted by molar-refractivity contribution is 0.0953. The molecular formula is C15H14BrFN2O2. The fraction of sp³-hybridized carbons (Fsp3) is 0.133. The van der Waals surface area contributed by atoms with Crippen LogP contribution in [-0.4, -0.2) is 12.5 Å². The summed E-state index contributed by atoms with van der Waals surface area (Å²) in [7, 11) is 0. The first-order chi connectivity index (χ1) is 10.0. The number of nitrogens with one attached hydrogen (secondary N) is 1. The van der Waals surface area contributed by atoms with E-state index in [-0.39, 0.29) is 17.4 Å². The number of nitrogens with two attached hydrogens (primary N) is 1. The van der Waals surface area contributed by atoms with Gasteiger partial charge in [-0.25, -0.2) is 4.39 Å². The zero-order valence-corrected chi connectivity index (χ0v) is 12.9. The SMILES string of the molecule is CCNC(=O)c1ccc(N)cc1Oc1ccc(Br)c(F)c1. The Morgan fingerprint density at radius 1 is 1.33 bits per heavy atom. The summed E-state index contributed by atoms with van der Waals surface area (Å²) in [6, 6.07) is 9.07. The minimum atomic E-state index is -0.448. The highest BCUT2D eigenvalue weighted by atomic mass is 79.9. The lowest BCUT2D eigenvalue weighted by Gasteiger charge is -2.12. The number of hydrogen-bond donors (Lipinski definition) is 2. The number of amides is 1. The van der Waals surface area contributed by atoms with E-state index in [2.05, 4.69) is 21.2 Å². The molecule has 2 aromatic carbocycles. The molecule has 0 aliphatic heterocycles. The summed E-state index contributed by atoms with van der Waals surface area (Å²) in [5.74, 6) is -0.157. The van der Waals surface area contributed by atoms with Crippen LogP contribution in [0.1, 0.15) is 17.3 Å². The molecule has 0 atom stereocenters. The fourth-order valence-electron chi connectivity index (χ4n) is 1.73. The van der Waals surface area contributed by atoms with Crippen LogP contribution in [0, 0.1) is 5.82 Å². The van der Waals surface area contributed by atoms with E-state index in [4.69, 9.17) is 10.5 Å². The number of anilines is 1. The van der Waals surface area contributed by atoms with Crippen molar-refractivity contribution in [2.24, 2.45) is 0 Å². The molecule has 0 unspecified atom stereocenters. The van der Waals surface area contributed by atoms with Gasteiger partial charge in [0.25, 0.3) is 5.91 Å². The van der Waals surface area contributed by atoms with E-state index in [9.17, 15) is 9.18 Å². The maximum Gasteiger partial charge on any atom is 0.255 e. The number of rotatable bonds is 4. The van der Waals surface area contributed by atoms with Crippen LogP contribution in [0.3, 0.4) is 0 Å². The molecule has 0 aromatic heterocycles. The molecule has 4 nitrogen and oxygen atoms in total. The van der Waals surface area contributed by atoms with Crippen molar-refractivity contribution in [1.82, 2.24) is 5.32 Å². The average molecular weight is 353 g/mol. The molecule has 0 bridgehead atoms. The van der Waals surface area contributed by atoms with Gasteiger partial charge in [-0.3, -0.25) is 4.79 Å². The number of nitrogen functional groups attached to an aromatic ring is 1. The van der Waals surface area contributed by atoms with Crippen molar-refractivity contribution in [3.63, 3.8) is 0 Å². The average Bonchev–Trinajstić information content (AvgIpc) is 2.43. The first-order valence-corrected chi connectivity index (χ1v) is 7.11. The number of benzene rings is 2. The maximum atomic E-state index is 13.5. The van der Waals surface area contributed by atoms with Crippen molar-refractivity contribution in [2.75, 3.05) is 12.3 Å². The van der Waals surface area contributed by atoms with Crippen LogP contribution in [0.2, 0.25) is 0 Å². The van der Waals surface area contributed by atoms with Gasteiger partial charge in [-0.05, 0) is 47.1 Å². The van der Waals surface area contributed by atoms with Crippen molar-refractivity contribution in [2.45, 2.75) is 6.92 Å². The lowest BCUT2D eigenvalue weighted by atomic mass is 10.1. The quantitative estimate of drug-likeness (QED) is 0.824. The Kier molecular flexibility index (Phi) is 4.80. The molecule has 0 aliphatic rings. The largest absolute Gasteiger partial charge is 0.456 e. The third kappa shape index (κ3) is 3.72. The van der Waals surface area contributed by atoms with Gasteiger partial charge < -0.3 is 15.8 Å². The zero-order chi connectivity index (χ0) is 15.4. The van der Waals surface area contributed by atoms with Gasteiger partial charge in [0.1, 0.15) is 17.3 Å². The van der Waals surface area contributed by atoms with Crippen molar-refractivity contribution in [3.05, 3.63) is 52.3 Å². The normalized spacial score (nSPS) is 10.2. The van der Waals surface area contributed by atoms with Gasteiger partial charge in [-0.1, -0.05) is 0 Å². The van der Waals surface area contributed by atoms with Gasteiger partial charge in [0.2, 0.25) is 0 Å². The second kappa shape index (κ2) is 6.58. The third-order valence-corrected chi connectivity index (χ3v) is 3.35. The number of carbonyl (C=O) groups is 1. The van der Waals surface area contributed by atoms with Crippen LogP contribution >= 0.6 is 15.9 Å². The minimum absolute atomic E-state index is 0.273. The third-order valence-electron chi connectivity index (χ3n) is 2.71. The van der Waals surface area contributed by atoms with E-state index in [0.717, 1.165) is 0 Å². The summed E-state index contributed by atoms with van der Waals surface area (Å²) >= 11 is 3.07. The van der Waals surface area contributed by atoms with Crippen LogP contribution < -0.4 is 15.8 Å². The molecule has 3 N–H and O–H groups in total. The predicted molar refractivity (Wildman–Crippen MR) is 83.0 cm³/mol. The number of carbonyl (C=O) groups excluding carboxylic acids is 1. The highest BCUT2D eigenvalue weighted by Crippen LogP contribution is 2.29. The van der Waals surface area contributed by atoms with Gasteiger partial charge in [-0.15, -0.1) is 0 Å². The standard InChI is InChI=1S/C15H14BrFN2O2/c1-2-19-15(20)11-5-3-9(18)7-14(11)21-10-4-6-12(16)13(17)8-10/h3-8H,2,18H2,1H3,(H,19,20). The summed E-state index contributed by atoms with van der Waals surface area (Å²) in [5, 5.41) is 2.69. The highest BCUT2D eigenvalue weighted by molar-refractivity contribution is 9.10. The van der Waals surface area contributed by atoms with E-state index in [0.29, 0.717) is 22.3 Å². The first kappa shape index (κ1) is 15.3. The fourth-order valence-corrected chi connectivity index (χ4v) is 1.98. The Morgan fingerprint density at radius 3 is 2.76 bits per heavy atom. The summed E-state index contributed by atoms with van der Waals surface area (Å²) in [6.07, 6.45) is 0. The topological polar surface area (TPSA) is 64.4 Å². The van der Waals surface area contributed by atoms with Gasteiger partial charge >= 0.3 is 0 Å². The monoisotopic (exact) mass is 352 g/mol. The van der Waals surface area contributed by atoms with Crippen molar-refractivity contribution >= 4 is 27.5 Å². The molecule has 2 rings (SSSR count). The van der Waals surface area contributed by atoms with E-state index >= 15 is 0 Å². The summed E-state index contributed by atoms with van der Waals surface area (Å²) in [6.45, 7) is 2.31. The molecule has 0 heterocycles.